The molecule has 3 aliphatic rings. The summed E-state index contributed by atoms with van der Waals surface area (Å²) in [4.78, 5) is 0. The highest BCUT2D eigenvalue weighted by molar-refractivity contribution is 5.73. The Hall–Kier alpha value is -1.69. The van der Waals surface area contributed by atoms with Crippen LogP contribution in [0.5, 0.6) is 0 Å². The highest BCUT2D eigenvalue weighted by Gasteiger charge is 2.65. The minimum absolute atomic E-state index is 0.578. The molecule has 18 heavy (non-hydrogen) atoms. The third-order valence-corrected chi connectivity index (χ3v) is 5.28. The van der Waals surface area contributed by atoms with Gasteiger partial charge in [0.15, 0.2) is 0 Å². The smallest absolute Gasteiger partial charge is 0.101 e. The molecule has 3 fully saturated rings. The van der Waals surface area contributed by atoms with Crippen LogP contribution in [-0.4, -0.2) is 6.04 Å². The van der Waals surface area contributed by atoms with Gasteiger partial charge in [-0.2, -0.15) is 5.26 Å². The molecular formula is C15H17N3. The molecule has 3 N–H and O–H groups in total. The second-order valence-corrected chi connectivity index (χ2v) is 6.04. The maximum Gasteiger partial charge on any atom is 0.101 e. The molecular weight excluding hydrogens is 222 g/mol. The third kappa shape index (κ3) is 1.23. The van der Waals surface area contributed by atoms with Gasteiger partial charge in [-0.25, -0.2) is 0 Å². The van der Waals surface area contributed by atoms with Crippen LogP contribution in [0.25, 0.3) is 0 Å². The van der Waals surface area contributed by atoms with Gasteiger partial charge >= 0.3 is 0 Å². The van der Waals surface area contributed by atoms with Crippen molar-refractivity contribution in [1.29, 1.82) is 5.26 Å². The van der Waals surface area contributed by atoms with Crippen molar-refractivity contribution >= 4 is 11.4 Å². The number of hydrogen-bond acceptors (Lipinski definition) is 3. The molecule has 3 heteroatoms. The Morgan fingerprint density at radius 1 is 1.22 bits per heavy atom. The Balaban J connectivity index is 1.56. The van der Waals surface area contributed by atoms with E-state index in [4.69, 9.17) is 11.0 Å². The summed E-state index contributed by atoms with van der Waals surface area (Å²) in [5, 5.41) is 12.6. The lowest BCUT2D eigenvalue weighted by atomic mass is 10.0. The number of benzene rings is 1. The number of nitrogens with one attached hydrogen (secondary N) is 1. The molecule has 0 radical (unpaired) electrons. The van der Waals surface area contributed by atoms with Crippen molar-refractivity contribution in [3.05, 3.63) is 23.8 Å². The van der Waals surface area contributed by atoms with E-state index >= 15 is 0 Å². The molecule has 4 atom stereocenters. The van der Waals surface area contributed by atoms with E-state index in [-0.39, 0.29) is 0 Å². The zero-order valence-corrected chi connectivity index (χ0v) is 10.3. The Morgan fingerprint density at radius 3 is 2.61 bits per heavy atom. The van der Waals surface area contributed by atoms with Crippen LogP contribution in [0.2, 0.25) is 0 Å². The minimum Gasteiger partial charge on any atom is -0.396 e. The van der Waals surface area contributed by atoms with Crippen molar-refractivity contribution in [3.63, 3.8) is 0 Å². The molecule has 3 saturated carbocycles. The zero-order chi connectivity index (χ0) is 12.3. The fraction of sp³-hybridized carbons (Fsp3) is 0.533. The number of fused-ring (bicyclic) bond motifs is 5. The van der Waals surface area contributed by atoms with E-state index in [2.05, 4.69) is 11.4 Å². The van der Waals surface area contributed by atoms with Crippen LogP contribution < -0.4 is 11.1 Å². The molecule has 0 heterocycles. The summed E-state index contributed by atoms with van der Waals surface area (Å²) in [6, 6.07) is 8.44. The summed E-state index contributed by atoms with van der Waals surface area (Å²) >= 11 is 0. The normalized spacial score (nSPS) is 39.2. The Labute approximate surface area is 107 Å². The van der Waals surface area contributed by atoms with Crippen LogP contribution in [0.3, 0.4) is 0 Å². The largest absolute Gasteiger partial charge is 0.396 e. The van der Waals surface area contributed by atoms with Crippen molar-refractivity contribution in [3.8, 4) is 6.07 Å². The monoisotopic (exact) mass is 239 g/mol. The predicted octanol–water partition coefficient (Wildman–Crippen LogP) is 2.60. The molecule has 1 aromatic rings. The van der Waals surface area contributed by atoms with Crippen LogP contribution in [-0.2, 0) is 0 Å². The molecule has 0 aliphatic heterocycles. The van der Waals surface area contributed by atoms with Gasteiger partial charge in [0, 0.05) is 6.04 Å². The van der Waals surface area contributed by atoms with Crippen LogP contribution in [0, 0.1) is 35.0 Å². The van der Waals surface area contributed by atoms with E-state index in [1.807, 2.05) is 12.1 Å². The first-order valence-electron chi connectivity index (χ1n) is 6.84. The Kier molecular flexibility index (Phi) is 1.94. The average Bonchev–Trinajstić information content (AvgIpc) is 2.79. The quantitative estimate of drug-likeness (QED) is 0.780. The maximum atomic E-state index is 8.99. The molecule has 4 unspecified atom stereocenters. The number of nitrogens with zero attached hydrogens (tertiary/aromatic N) is 1. The van der Waals surface area contributed by atoms with Gasteiger partial charge in [0.1, 0.15) is 6.07 Å². The predicted molar refractivity (Wildman–Crippen MR) is 70.8 cm³/mol. The van der Waals surface area contributed by atoms with E-state index in [1.165, 1.54) is 19.3 Å². The van der Waals surface area contributed by atoms with Crippen LogP contribution in [0.15, 0.2) is 18.2 Å². The summed E-state index contributed by atoms with van der Waals surface area (Å²) < 4.78 is 0. The van der Waals surface area contributed by atoms with Crippen LogP contribution >= 0.6 is 0 Å². The molecule has 0 amide bonds. The van der Waals surface area contributed by atoms with E-state index < -0.39 is 0 Å². The van der Waals surface area contributed by atoms with E-state index in [1.54, 1.807) is 6.07 Å². The lowest BCUT2D eigenvalue weighted by Gasteiger charge is -2.14. The molecule has 0 aromatic heterocycles. The average molecular weight is 239 g/mol. The Bertz CT molecular complexity index is 529. The number of anilines is 2. The standard InChI is InChI=1S/C15H17N3/c16-7-10-2-1-3-11(14(10)17)18-15-12-8-4-5-9(6-8)13(12)15/h1-3,8-9,12-13,15,18H,4-6,17H2. The Morgan fingerprint density at radius 2 is 1.94 bits per heavy atom. The van der Waals surface area contributed by atoms with Gasteiger partial charge in [-0.1, -0.05) is 6.07 Å². The molecule has 0 saturated heterocycles. The fourth-order valence-electron chi connectivity index (χ4n) is 4.49. The van der Waals surface area contributed by atoms with Crippen molar-refractivity contribution < 1.29 is 0 Å². The van der Waals surface area contributed by atoms with Crippen molar-refractivity contribution in [2.75, 3.05) is 11.1 Å². The fourth-order valence-corrected chi connectivity index (χ4v) is 4.49. The lowest BCUT2D eigenvalue weighted by Crippen LogP contribution is -2.14. The van der Waals surface area contributed by atoms with Gasteiger partial charge < -0.3 is 11.1 Å². The van der Waals surface area contributed by atoms with Gasteiger partial charge in [-0.05, 0) is 55.1 Å². The number of para-hydroxylation sites is 1. The second kappa shape index (κ2) is 3.41. The van der Waals surface area contributed by atoms with E-state index in [0.717, 1.165) is 29.4 Å². The van der Waals surface area contributed by atoms with Crippen molar-refractivity contribution in [2.24, 2.45) is 23.7 Å². The van der Waals surface area contributed by atoms with Gasteiger partial charge in [0.2, 0.25) is 0 Å². The zero-order valence-electron chi connectivity index (χ0n) is 10.3. The molecule has 0 spiro atoms. The number of rotatable bonds is 2. The number of hydrogen-bond donors (Lipinski definition) is 2. The SMILES string of the molecule is N#Cc1cccc(NC2C3C4CCC(C4)C23)c1N. The van der Waals surface area contributed by atoms with Crippen molar-refractivity contribution in [1.82, 2.24) is 0 Å². The highest BCUT2D eigenvalue weighted by atomic mass is 15.0. The van der Waals surface area contributed by atoms with Crippen molar-refractivity contribution in [2.45, 2.75) is 25.3 Å². The molecule has 1 aromatic carbocycles. The number of nitrogen functional groups attached to an aromatic ring is 1. The molecule has 92 valence electrons. The first-order valence-corrected chi connectivity index (χ1v) is 6.84. The first kappa shape index (κ1) is 10.3. The summed E-state index contributed by atoms with van der Waals surface area (Å²) in [5.74, 6) is 3.68. The van der Waals surface area contributed by atoms with E-state index in [0.29, 0.717) is 17.3 Å². The minimum atomic E-state index is 0.578. The second-order valence-electron chi connectivity index (χ2n) is 6.04. The highest BCUT2D eigenvalue weighted by Crippen LogP contribution is 2.66. The summed E-state index contributed by atoms with van der Waals surface area (Å²) in [6.45, 7) is 0. The molecule has 2 bridgehead atoms. The summed E-state index contributed by atoms with van der Waals surface area (Å²) in [5.41, 5.74) is 8.16. The number of nitrogens with two attached hydrogens (primary N) is 1. The van der Waals surface area contributed by atoms with E-state index in [9.17, 15) is 0 Å². The van der Waals surface area contributed by atoms with Crippen LogP contribution in [0.1, 0.15) is 24.8 Å². The lowest BCUT2D eigenvalue weighted by molar-refractivity contribution is 0.456. The summed E-state index contributed by atoms with van der Waals surface area (Å²) in [7, 11) is 0. The molecule has 3 aliphatic carbocycles. The van der Waals surface area contributed by atoms with Gasteiger partial charge in [-0.3, -0.25) is 0 Å². The topological polar surface area (TPSA) is 61.8 Å². The van der Waals surface area contributed by atoms with Gasteiger partial charge in [0.25, 0.3) is 0 Å². The molecule has 3 nitrogen and oxygen atoms in total. The van der Waals surface area contributed by atoms with Gasteiger partial charge in [0.05, 0.1) is 16.9 Å². The first-order chi connectivity index (χ1) is 8.79. The maximum absolute atomic E-state index is 8.99. The van der Waals surface area contributed by atoms with Crippen LogP contribution in [0.4, 0.5) is 11.4 Å². The third-order valence-electron chi connectivity index (χ3n) is 5.28. The molecule has 4 rings (SSSR count). The van der Waals surface area contributed by atoms with Gasteiger partial charge in [-0.15, -0.1) is 0 Å². The summed E-state index contributed by atoms with van der Waals surface area (Å²) in [6.07, 6.45) is 4.32. The number of nitriles is 1.